The molecule has 0 fully saturated rings. The number of hydrogen-bond acceptors (Lipinski definition) is 2. The van der Waals surface area contributed by atoms with Gasteiger partial charge in [-0.15, -0.1) is 0 Å². The molecule has 0 atom stereocenters. The van der Waals surface area contributed by atoms with Crippen molar-refractivity contribution in [3.05, 3.63) is 53.3 Å². The maximum Gasteiger partial charge on any atom is 0.165 e. The molecule has 0 aromatic heterocycles. The first-order valence-corrected chi connectivity index (χ1v) is 6.45. The third-order valence-corrected chi connectivity index (χ3v) is 3.60. The van der Waals surface area contributed by atoms with Gasteiger partial charge in [0, 0.05) is 6.54 Å². The van der Waals surface area contributed by atoms with Crippen LogP contribution in [-0.4, -0.2) is 13.7 Å². The molecule has 0 aliphatic carbocycles. The van der Waals surface area contributed by atoms with Crippen LogP contribution in [0.1, 0.15) is 11.1 Å². The monoisotopic (exact) mass is 257 g/mol. The molecule has 2 aromatic carbocycles. The molecule has 0 unspecified atom stereocenters. The van der Waals surface area contributed by atoms with Crippen LogP contribution < -0.4 is 10.1 Å². The van der Waals surface area contributed by atoms with Gasteiger partial charge in [-0.05, 0) is 47.4 Å². The smallest absolute Gasteiger partial charge is 0.165 e. The summed E-state index contributed by atoms with van der Waals surface area (Å²) >= 11 is 0. The Hall–Kier alpha value is -1.87. The van der Waals surface area contributed by atoms with Gasteiger partial charge in [-0.3, -0.25) is 0 Å². The highest BCUT2D eigenvalue weighted by Crippen LogP contribution is 2.31. The van der Waals surface area contributed by atoms with Crippen LogP contribution in [0.4, 0.5) is 4.39 Å². The molecule has 3 heteroatoms. The van der Waals surface area contributed by atoms with Gasteiger partial charge in [-0.25, -0.2) is 4.39 Å². The lowest BCUT2D eigenvalue weighted by molar-refractivity contribution is 0.386. The fourth-order valence-electron chi connectivity index (χ4n) is 2.64. The molecule has 0 radical (unpaired) electrons. The van der Waals surface area contributed by atoms with E-state index in [1.807, 2.05) is 12.1 Å². The number of hydrogen-bond donors (Lipinski definition) is 1. The molecular formula is C16H16FNO. The van der Waals surface area contributed by atoms with Crippen molar-refractivity contribution in [3.63, 3.8) is 0 Å². The van der Waals surface area contributed by atoms with E-state index >= 15 is 0 Å². The molecule has 0 amide bonds. The second-order valence-corrected chi connectivity index (χ2v) is 4.72. The number of fused-ring (bicyclic) bond motifs is 1. The largest absolute Gasteiger partial charge is 0.494 e. The van der Waals surface area contributed by atoms with E-state index in [9.17, 15) is 4.39 Å². The maximum absolute atomic E-state index is 13.8. The molecule has 0 bridgehead atoms. The SMILES string of the molecule is COc1ccc(-c2cccc3c2CCNC3)cc1F. The summed E-state index contributed by atoms with van der Waals surface area (Å²) in [6.07, 6.45) is 0.985. The minimum atomic E-state index is -0.313. The van der Waals surface area contributed by atoms with Gasteiger partial charge in [0.05, 0.1) is 7.11 Å². The summed E-state index contributed by atoms with van der Waals surface area (Å²) < 4.78 is 18.8. The van der Waals surface area contributed by atoms with Crippen LogP contribution >= 0.6 is 0 Å². The zero-order valence-corrected chi connectivity index (χ0v) is 10.9. The van der Waals surface area contributed by atoms with Crippen molar-refractivity contribution in [2.24, 2.45) is 0 Å². The Bertz CT molecular complexity index is 610. The van der Waals surface area contributed by atoms with Gasteiger partial charge in [0.25, 0.3) is 0 Å². The van der Waals surface area contributed by atoms with Crippen LogP contribution in [0.2, 0.25) is 0 Å². The second kappa shape index (κ2) is 5.02. The van der Waals surface area contributed by atoms with E-state index in [1.54, 1.807) is 12.1 Å². The van der Waals surface area contributed by atoms with Gasteiger partial charge in [-0.2, -0.15) is 0 Å². The summed E-state index contributed by atoms with van der Waals surface area (Å²) in [7, 11) is 1.48. The molecule has 0 saturated heterocycles. The molecular weight excluding hydrogens is 241 g/mol. The van der Waals surface area contributed by atoms with Crippen LogP contribution in [0.25, 0.3) is 11.1 Å². The van der Waals surface area contributed by atoms with E-state index in [-0.39, 0.29) is 11.6 Å². The van der Waals surface area contributed by atoms with Gasteiger partial charge in [-0.1, -0.05) is 24.3 Å². The van der Waals surface area contributed by atoms with Gasteiger partial charge in [0.1, 0.15) is 0 Å². The summed E-state index contributed by atoms with van der Waals surface area (Å²) in [5.74, 6) is -0.0262. The Kier molecular flexibility index (Phi) is 3.22. The molecule has 0 spiro atoms. The number of benzene rings is 2. The zero-order valence-electron chi connectivity index (χ0n) is 10.9. The van der Waals surface area contributed by atoms with Crippen LogP contribution in [0.3, 0.4) is 0 Å². The molecule has 1 aliphatic rings. The van der Waals surface area contributed by atoms with Crippen LogP contribution in [0, 0.1) is 5.82 Å². The normalized spacial score (nSPS) is 14.0. The van der Waals surface area contributed by atoms with Gasteiger partial charge in [0.15, 0.2) is 11.6 Å². The van der Waals surface area contributed by atoms with Crippen molar-refractivity contribution < 1.29 is 9.13 Å². The number of methoxy groups -OCH3 is 1. The third kappa shape index (κ3) is 2.22. The average molecular weight is 257 g/mol. The Labute approximate surface area is 112 Å². The molecule has 1 N–H and O–H groups in total. The van der Waals surface area contributed by atoms with Gasteiger partial charge in [0.2, 0.25) is 0 Å². The van der Waals surface area contributed by atoms with E-state index in [2.05, 4.69) is 17.4 Å². The molecule has 1 aliphatic heterocycles. The highest BCUT2D eigenvalue weighted by molar-refractivity contribution is 5.70. The second-order valence-electron chi connectivity index (χ2n) is 4.72. The third-order valence-electron chi connectivity index (χ3n) is 3.60. The van der Waals surface area contributed by atoms with Crippen LogP contribution in [0.15, 0.2) is 36.4 Å². The van der Waals surface area contributed by atoms with Crippen molar-refractivity contribution in [2.45, 2.75) is 13.0 Å². The van der Waals surface area contributed by atoms with Crippen molar-refractivity contribution in [2.75, 3.05) is 13.7 Å². The van der Waals surface area contributed by atoms with Crippen molar-refractivity contribution >= 4 is 0 Å². The number of nitrogens with one attached hydrogen (secondary N) is 1. The zero-order chi connectivity index (χ0) is 13.2. The van der Waals surface area contributed by atoms with Gasteiger partial charge < -0.3 is 10.1 Å². The lowest BCUT2D eigenvalue weighted by atomic mass is 9.91. The highest BCUT2D eigenvalue weighted by atomic mass is 19.1. The molecule has 19 heavy (non-hydrogen) atoms. The Morgan fingerprint density at radius 3 is 2.89 bits per heavy atom. The quantitative estimate of drug-likeness (QED) is 0.892. The van der Waals surface area contributed by atoms with Crippen molar-refractivity contribution in [3.8, 4) is 16.9 Å². The number of rotatable bonds is 2. The summed E-state index contributed by atoms with van der Waals surface area (Å²) in [5, 5.41) is 3.36. The van der Waals surface area contributed by atoms with Crippen molar-refractivity contribution in [1.29, 1.82) is 0 Å². The van der Waals surface area contributed by atoms with E-state index in [0.29, 0.717) is 0 Å². The highest BCUT2D eigenvalue weighted by Gasteiger charge is 2.14. The first kappa shape index (κ1) is 12.2. The fraction of sp³-hybridized carbons (Fsp3) is 0.250. The lowest BCUT2D eigenvalue weighted by Gasteiger charge is -2.20. The Balaban J connectivity index is 2.09. The maximum atomic E-state index is 13.8. The molecule has 2 nitrogen and oxygen atoms in total. The predicted octanol–water partition coefficient (Wildman–Crippen LogP) is 3.15. The first-order chi connectivity index (χ1) is 9.29. The van der Waals surface area contributed by atoms with Crippen molar-refractivity contribution in [1.82, 2.24) is 5.32 Å². The lowest BCUT2D eigenvalue weighted by Crippen LogP contribution is -2.24. The average Bonchev–Trinajstić information content (AvgIpc) is 2.46. The Morgan fingerprint density at radius 2 is 2.11 bits per heavy atom. The molecule has 98 valence electrons. The van der Waals surface area contributed by atoms with Crippen LogP contribution in [-0.2, 0) is 13.0 Å². The molecule has 2 aromatic rings. The van der Waals surface area contributed by atoms with E-state index in [4.69, 9.17) is 4.74 Å². The topological polar surface area (TPSA) is 21.3 Å². The first-order valence-electron chi connectivity index (χ1n) is 6.45. The van der Waals surface area contributed by atoms with E-state index in [0.717, 1.165) is 30.6 Å². The van der Waals surface area contributed by atoms with E-state index < -0.39 is 0 Å². The van der Waals surface area contributed by atoms with Gasteiger partial charge >= 0.3 is 0 Å². The minimum Gasteiger partial charge on any atom is -0.494 e. The Morgan fingerprint density at radius 1 is 1.21 bits per heavy atom. The number of ether oxygens (including phenoxy) is 1. The summed E-state index contributed by atoms with van der Waals surface area (Å²) in [4.78, 5) is 0. The minimum absolute atomic E-state index is 0.287. The standard InChI is InChI=1S/C16H16FNO/c1-19-16-6-5-11(9-15(16)17)13-4-2-3-12-10-18-8-7-14(12)13/h2-6,9,18H,7-8,10H2,1H3. The predicted molar refractivity (Wildman–Crippen MR) is 73.8 cm³/mol. The van der Waals surface area contributed by atoms with E-state index in [1.165, 1.54) is 18.2 Å². The fourth-order valence-corrected chi connectivity index (χ4v) is 2.64. The molecule has 1 heterocycles. The van der Waals surface area contributed by atoms with Crippen LogP contribution in [0.5, 0.6) is 5.75 Å². The number of halogens is 1. The summed E-state index contributed by atoms with van der Waals surface area (Å²) in [6.45, 7) is 1.87. The summed E-state index contributed by atoms with van der Waals surface area (Å²) in [5.41, 5.74) is 4.67. The molecule has 0 saturated carbocycles. The molecule has 3 rings (SSSR count). The summed E-state index contributed by atoms with van der Waals surface area (Å²) in [6, 6.07) is 11.4.